The van der Waals surface area contributed by atoms with E-state index in [4.69, 9.17) is 21.1 Å². The average Bonchev–Trinajstić information content (AvgIpc) is 3.00. The summed E-state index contributed by atoms with van der Waals surface area (Å²) >= 11 is 6.34. The van der Waals surface area contributed by atoms with Gasteiger partial charge in [0.15, 0.2) is 0 Å². The lowest BCUT2D eigenvalue weighted by Gasteiger charge is -2.50. The number of aliphatic hydroxyl groups is 1. The number of aliphatic hydroxyl groups excluding tert-OH is 1. The van der Waals surface area contributed by atoms with E-state index in [9.17, 15) is 18.3 Å². The molecule has 45 heavy (non-hydrogen) atoms. The van der Waals surface area contributed by atoms with Crippen molar-refractivity contribution < 1.29 is 27.8 Å². The van der Waals surface area contributed by atoms with Crippen LogP contribution in [0.15, 0.2) is 48.6 Å². The van der Waals surface area contributed by atoms with Gasteiger partial charge in [0.25, 0.3) is 5.91 Å². The highest BCUT2D eigenvalue weighted by atomic mass is 35.5. The summed E-state index contributed by atoms with van der Waals surface area (Å²) < 4.78 is 41.7. The molecule has 0 aromatic heterocycles. The molecule has 2 bridgehead atoms. The van der Waals surface area contributed by atoms with Crippen LogP contribution in [0, 0.1) is 17.8 Å². The molecule has 2 N–H and O–H groups in total. The summed E-state index contributed by atoms with van der Waals surface area (Å²) in [5.41, 5.74) is 2.59. The maximum absolute atomic E-state index is 13.4. The van der Waals surface area contributed by atoms with Gasteiger partial charge in [-0.05, 0) is 112 Å². The minimum absolute atomic E-state index is 0.165. The first-order valence-corrected chi connectivity index (χ1v) is 18.1. The lowest BCUT2D eigenvalue weighted by atomic mass is 9.62. The van der Waals surface area contributed by atoms with Crippen molar-refractivity contribution in [3.05, 3.63) is 70.3 Å². The van der Waals surface area contributed by atoms with Gasteiger partial charge in [-0.25, -0.2) is 13.1 Å². The van der Waals surface area contributed by atoms with Gasteiger partial charge in [-0.3, -0.25) is 4.79 Å². The van der Waals surface area contributed by atoms with Crippen LogP contribution in [0.5, 0.6) is 5.75 Å². The summed E-state index contributed by atoms with van der Waals surface area (Å²) in [7, 11) is -2.25. The molecule has 1 amide bonds. The predicted molar refractivity (Wildman–Crippen MR) is 178 cm³/mol. The molecule has 8 nitrogen and oxygen atoms in total. The SMILES string of the molecule is CO[C@@]1(C[C@H](C)O)/C=C/C[C@H](C)[C@@H](C)S(=O)(=O)NC(=O)c2ccc3c(c2)N(CCCCc2cc(Cl)ccc2CO3)C[C@@H]2CC[C@H]21. The van der Waals surface area contributed by atoms with Gasteiger partial charge in [0.05, 0.1) is 22.6 Å². The molecule has 5 rings (SSSR count). The number of amides is 1. The van der Waals surface area contributed by atoms with Crippen LogP contribution in [0.25, 0.3) is 0 Å². The second-order valence-electron chi connectivity index (χ2n) is 13.2. The van der Waals surface area contributed by atoms with Gasteiger partial charge in [0.1, 0.15) is 12.4 Å². The van der Waals surface area contributed by atoms with E-state index in [-0.39, 0.29) is 23.3 Å². The Kier molecular flexibility index (Phi) is 10.5. The Hall–Kier alpha value is -2.59. The number of hydrogen-bond acceptors (Lipinski definition) is 7. The van der Waals surface area contributed by atoms with Gasteiger partial charge in [-0.15, -0.1) is 0 Å². The molecule has 0 unspecified atom stereocenters. The van der Waals surface area contributed by atoms with E-state index in [1.165, 1.54) is 5.56 Å². The Bertz CT molecular complexity index is 1510. The zero-order valence-corrected chi connectivity index (χ0v) is 28.4. The topological polar surface area (TPSA) is 105 Å². The van der Waals surface area contributed by atoms with Crippen molar-refractivity contribution in [3.63, 3.8) is 0 Å². The fourth-order valence-corrected chi connectivity index (χ4v) is 8.64. The van der Waals surface area contributed by atoms with Gasteiger partial charge in [-0.2, -0.15) is 0 Å². The Morgan fingerprint density at radius 3 is 2.67 bits per heavy atom. The lowest BCUT2D eigenvalue weighted by Crippen LogP contribution is -2.52. The van der Waals surface area contributed by atoms with E-state index in [1.807, 2.05) is 31.2 Å². The number of hydrogen-bond donors (Lipinski definition) is 2. The molecule has 246 valence electrons. The summed E-state index contributed by atoms with van der Waals surface area (Å²) in [6.07, 6.45) is 9.15. The van der Waals surface area contributed by atoms with Gasteiger partial charge < -0.3 is 19.5 Å². The number of anilines is 1. The molecule has 1 aliphatic carbocycles. The molecule has 2 aromatic rings. The number of ether oxygens (including phenoxy) is 2. The van der Waals surface area contributed by atoms with E-state index in [0.717, 1.165) is 56.4 Å². The molecule has 2 aromatic carbocycles. The normalized spacial score (nSPS) is 30.3. The van der Waals surface area contributed by atoms with Gasteiger partial charge >= 0.3 is 0 Å². The predicted octanol–water partition coefficient (Wildman–Crippen LogP) is 6.29. The molecule has 2 aliphatic heterocycles. The minimum Gasteiger partial charge on any atom is -0.487 e. The Morgan fingerprint density at radius 2 is 1.96 bits per heavy atom. The largest absolute Gasteiger partial charge is 0.487 e. The van der Waals surface area contributed by atoms with E-state index in [0.29, 0.717) is 30.2 Å². The molecular weight excluding hydrogens is 612 g/mol. The minimum atomic E-state index is -3.96. The molecule has 3 aliphatic rings. The van der Waals surface area contributed by atoms with Crippen molar-refractivity contribution in [2.24, 2.45) is 17.8 Å². The summed E-state index contributed by atoms with van der Waals surface area (Å²) in [5.74, 6) is 0.179. The van der Waals surface area contributed by atoms with Crippen LogP contribution in [-0.2, 0) is 27.8 Å². The molecular formula is C35H47ClN2O6S. The second-order valence-corrected chi connectivity index (χ2v) is 15.7. The third-order valence-corrected chi connectivity index (χ3v) is 12.3. The summed E-state index contributed by atoms with van der Waals surface area (Å²) in [6, 6.07) is 11.1. The highest BCUT2D eigenvalue weighted by Gasteiger charge is 2.47. The standard InChI is InChI=1S/C35H47ClN2O6S/c1-23-8-7-16-35(43-4,20-24(2)39)31-14-11-28(31)21-38-17-6-5-9-26-18-30(36)13-10-29(26)22-44-33-15-12-27(19-32(33)38)34(40)37-45(41,42)25(23)3/h7,10,12-13,15-16,18-19,23-25,28,31,39H,5-6,8-9,11,14,17,20-22H2,1-4H3,(H,37,40)/b16-7+/t23-,24-,25+,28-,31+,35+/m0/s1. The number of fused-ring (bicyclic) bond motifs is 3. The van der Waals surface area contributed by atoms with Gasteiger partial charge in [0.2, 0.25) is 10.0 Å². The highest BCUT2D eigenvalue weighted by molar-refractivity contribution is 7.90. The lowest BCUT2D eigenvalue weighted by molar-refractivity contribution is -0.0960. The van der Waals surface area contributed by atoms with E-state index in [1.54, 1.807) is 39.2 Å². The van der Waals surface area contributed by atoms with E-state index >= 15 is 0 Å². The van der Waals surface area contributed by atoms with Crippen molar-refractivity contribution in [3.8, 4) is 5.75 Å². The summed E-state index contributed by atoms with van der Waals surface area (Å²) in [5, 5.41) is 10.5. The quantitative estimate of drug-likeness (QED) is 0.374. The fraction of sp³-hybridized carbons (Fsp3) is 0.571. The van der Waals surface area contributed by atoms with Crippen molar-refractivity contribution in [2.45, 2.75) is 89.3 Å². The molecule has 2 heterocycles. The average molecular weight is 659 g/mol. The number of carbonyl (C=O) groups excluding carboxylic acids is 1. The molecule has 0 spiro atoms. The van der Waals surface area contributed by atoms with Gasteiger partial charge in [0, 0.05) is 37.2 Å². The third kappa shape index (κ3) is 7.53. The van der Waals surface area contributed by atoms with Crippen molar-refractivity contribution in [2.75, 3.05) is 25.1 Å². The third-order valence-electron chi connectivity index (χ3n) is 10.2. The number of sulfonamides is 1. The van der Waals surface area contributed by atoms with E-state index < -0.39 is 32.9 Å². The smallest absolute Gasteiger partial charge is 0.264 e. The van der Waals surface area contributed by atoms with Crippen LogP contribution in [0.1, 0.15) is 80.8 Å². The molecule has 1 fully saturated rings. The Balaban J connectivity index is 1.59. The monoisotopic (exact) mass is 658 g/mol. The Morgan fingerprint density at radius 1 is 1.16 bits per heavy atom. The zero-order valence-electron chi connectivity index (χ0n) is 26.8. The van der Waals surface area contributed by atoms with Crippen LogP contribution in [0.3, 0.4) is 0 Å². The highest BCUT2D eigenvalue weighted by Crippen LogP contribution is 2.48. The summed E-state index contributed by atoms with van der Waals surface area (Å²) in [4.78, 5) is 15.7. The number of methoxy groups -OCH3 is 1. The molecule has 0 saturated heterocycles. The number of benzene rings is 2. The number of aryl methyl sites for hydroxylation is 1. The van der Waals surface area contributed by atoms with Gasteiger partial charge in [-0.1, -0.05) is 36.7 Å². The molecule has 10 heteroatoms. The Labute approximate surface area is 273 Å². The van der Waals surface area contributed by atoms with Crippen LogP contribution in [-0.4, -0.2) is 56.6 Å². The number of halogens is 1. The van der Waals surface area contributed by atoms with Crippen LogP contribution >= 0.6 is 11.6 Å². The number of rotatable bonds is 3. The van der Waals surface area contributed by atoms with Crippen LogP contribution < -0.4 is 14.4 Å². The molecule has 6 atom stereocenters. The van der Waals surface area contributed by atoms with Crippen molar-refractivity contribution >= 4 is 33.2 Å². The maximum Gasteiger partial charge on any atom is 0.264 e. The van der Waals surface area contributed by atoms with Crippen LogP contribution in [0.4, 0.5) is 5.69 Å². The number of nitrogens with zero attached hydrogens (tertiary/aromatic N) is 1. The zero-order chi connectivity index (χ0) is 32.4. The number of allylic oxidation sites excluding steroid dienone is 1. The first-order chi connectivity index (χ1) is 21.4. The summed E-state index contributed by atoms with van der Waals surface area (Å²) in [6.45, 7) is 7.10. The fourth-order valence-electron chi connectivity index (χ4n) is 7.16. The van der Waals surface area contributed by atoms with E-state index in [2.05, 4.69) is 15.7 Å². The van der Waals surface area contributed by atoms with Crippen molar-refractivity contribution in [1.29, 1.82) is 0 Å². The number of nitrogens with one attached hydrogen (secondary N) is 1. The maximum atomic E-state index is 13.4. The number of carbonyl (C=O) groups is 1. The first-order valence-electron chi connectivity index (χ1n) is 16.2. The molecule has 1 saturated carbocycles. The molecule has 0 radical (unpaired) electrons. The first kappa shape index (κ1) is 33.8. The second kappa shape index (κ2) is 14.0. The van der Waals surface area contributed by atoms with Crippen LogP contribution in [0.2, 0.25) is 5.02 Å². The van der Waals surface area contributed by atoms with Crippen molar-refractivity contribution in [1.82, 2.24) is 4.72 Å².